The Labute approximate surface area is 172 Å². The number of aromatic nitrogens is 2. The molecule has 1 aromatic heterocycles. The summed E-state index contributed by atoms with van der Waals surface area (Å²) in [5, 5.41) is 18.6. The highest BCUT2D eigenvalue weighted by Gasteiger charge is 2.52. The van der Waals surface area contributed by atoms with Crippen LogP contribution in [0.5, 0.6) is 0 Å². The van der Waals surface area contributed by atoms with Gasteiger partial charge in [-0.3, -0.25) is 4.79 Å². The predicted molar refractivity (Wildman–Crippen MR) is 109 cm³/mol. The topological polar surface area (TPSA) is 108 Å². The maximum Gasteiger partial charge on any atom is 0.498 e. The summed E-state index contributed by atoms with van der Waals surface area (Å²) < 4.78 is 12.1. The van der Waals surface area contributed by atoms with Crippen molar-refractivity contribution in [3.8, 4) is 0 Å². The first kappa shape index (κ1) is 22.0. The Morgan fingerprint density at radius 2 is 1.90 bits per heavy atom. The van der Waals surface area contributed by atoms with Crippen molar-refractivity contribution in [2.45, 2.75) is 63.9 Å². The van der Waals surface area contributed by atoms with E-state index in [-0.39, 0.29) is 6.04 Å². The summed E-state index contributed by atoms with van der Waals surface area (Å²) in [6.45, 7) is 8.45. The minimum absolute atomic E-state index is 0.0290. The Kier molecular flexibility index (Phi) is 6.19. The van der Waals surface area contributed by atoms with Gasteiger partial charge in [-0.25, -0.2) is 9.97 Å². The molecule has 29 heavy (non-hydrogen) atoms. The Morgan fingerprint density at radius 1 is 1.31 bits per heavy atom. The first-order valence-corrected chi connectivity index (χ1v) is 10.0. The molecule has 1 unspecified atom stereocenters. The Morgan fingerprint density at radius 3 is 2.45 bits per heavy atom. The molecule has 2 fully saturated rings. The van der Waals surface area contributed by atoms with Gasteiger partial charge in [-0.2, -0.15) is 0 Å². The van der Waals surface area contributed by atoms with E-state index in [1.165, 1.54) is 0 Å². The number of hydrogen-bond acceptors (Lipinski definition) is 8. The third kappa shape index (κ3) is 4.40. The first-order valence-electron chi connectivity index (χ1n) is 10.0. The highest BCUT2D eigenvalue weighted by molar-refractivity contribution is 6.61. The maximum absolute atomic E-state index is 12.2. The molecule has 1 aromatic rings. The van der Waals surface area contributed by atoms with Crippen LogP contribution in [0.4, 0.5) is 5.95 Å². The second-order valence-corrected chi connectivity index (χ2v) is 8.79. The Balaban J connectivity index is 1.66. The minimum Gasteiger partial charge on any atom is -0.399 e. The van der Waals surface area contributed by atoms with Crippen molar-refractivity contribution in [2.24, 2.45) is 0 Å². The summed E-state index contributed by atoms with van der Waals surface area (Å²) in [6.07, 6.45) is 3.75. The van der Waals surface area contributed by atoms with Gasteiger partial charge < -0.3 is 29.3 Å². The van der Waals surface area contributed by atoms with E-state index in [1.54, 1.807) is 17.3 Å². The number of anilines is 1. The maximum atomic E-state index is 12.2. The number of likely N-dealkylation sites (tertiary alicyclic amines) is 1. The number of carbonyl (C=O) groups is 1. The molecule has 0 bridgehead atoms. The molecular formula is C19H31BN4O5. The van der Waals surface area contributed by atoms with Crippen LogP contribution in [0.1, 0.15) is 40.5 Å². The minimum atomic E-state index is -1.37. The molecule has 0 spiro atoms. The number of rotatable bonds is 5. The molecule has 3 heterocycles. The molecule has 10 heteroatoms. The number of amides is 1. The third-order valence-corrected chi connectivity index (χ3v) is 6.21. The number of likely N-dealkylation sites (N-methyl/N-ethyl adjacent to an activating group) is 1. The molecule has 2 aliphatic heterocycles. The number of carbonyl (C=O) groups excluding carboxylic acids is 1. The third-order valence-electron chi connectivity index (χ3n) is 6.21. The fourth-order valence-electron chi connectivity index (χ4n) is 3.54. The average molecular weight is 406 g/mol. The highest BCUT2D eigenvalue weighted by Crippen LogP contribution is 2.36. The van der Waals surface area contributed by atoms with Crippen LogP contribution in [0.15, 0.2) is 12.4 Å². The number of nitrogens with zero attached hydrogens (tertiary/aromatic N) is 4. The van der Waals surface area contributed by atoms with E-state index >= 15 is 0 Å². The van der Waals surface area contributed by atoms with Gasteiger partial charge in [0.15, 0.2) is 6.10 Å². The molecule has 9 nitrogen and oxygen atoms in total. The summed E-state index contributed by atoms with van der Waals surface area (Å²) in [5.41, 5.74) is -0.0957. The van der Waals surface area contributed by atoms with Crippen LogP contribution >= 0.6 is 0 Å². The second-order valence-electron chi connectivity index (χ2n) is 8.79. The van der Waals surface area contributed by atoms with E-state index in [1.807, 2.05) is 39.6 Å². The van der Waals surface area contributed by atoms with E-state index in [2.05, 4.69) is 9.97 Å². The second kappa shape index (κ2) is 8.18. The average Bonchev–Trinajstić information content (AvgIpc) is 2.93. The normalized spacial score (nSPS) is 24.4. The van der Waals surface area contributed by atoms with Gasteiger partial charge in [-0.15, -0.1) is 0 Å². The van der Waals surface area contributed by atoms with E-state index in [9.17, 15) is 9.90 Å². The smallest absolute Gasteiger partial charge is 0.399 e. The van der Waals surface area contributed by atoms with Crippen molar-refractivity contribution in [3.05, 3.63) is 12.4 Å². The van der Waals surface area contributed by atoms with Crippen LogP contribution in [0, 0.1) is 0 Å². The van der Waals surface area contributed by atoms with Gasteiger partial charge in [0.1, 0.15) is 0 Å². The molecule has 0 saturated carbocycles. The van der Waals surface area contributed by atoms with E-state index in [0.717, 1.165) is 18.3 Å². The molecule has 160 valence electrons. The monoisotopic (exact) mass is 406 g/mol. The van der Waals surface area contributed by atoms with Crippen molar-refractivity contribution < 1.29 is 24.3 Å². The molecular weight excluding hydrogens is 375 g/mol. The highest BCUT2D eigenvalue weighted by atomic mass is 16.7. The van der Waals surface area contributed by atoms with Gasteiger partial charge in [0.05, 0.1) is 17.8 Å². The molecule has 2 aliphatic rings. The molecule has 0 radical (unpaired) electrons. The largest absolute Gasteiger partial charge is 0.498 e. The van der Waals surface area contributed by atoms with E-state index < -0.39 is 36.9 Å². The van der Waals surface area contributed by atoms with Crippen LogP contribution in [0.2, 0.25) is 0 Å². The summed E-state index contributed by atoms with van der Waals surface area (Å²) in [5.74, 6) is 0.106. The molecule has 2 atom stereocenters. The van der Waals surface area contributed by atoms with Crippen molar-refractivity contribution in [3.63, 3.8) is 0 Å². The van der Waals surface area contributed by atoms with Crippen LogP contribution in [0.3, 0.4) is 0 Å². The fourth-order valence-corrected chi connectivity index (χ4v) is 3.54. The summed E-state index contributed by atoms with van der Waals surface area (Å²) >= 11 is 0. The molecule has 2 saturated heterocycles. The number of aliphatic hydroxyl groups excluding tert-OH is 2. The Bertz CT molecular complexity index is 714. The number of hydrogen-bond donors (Lipinski definition) is 2. The Hall–Kier alpha value is -1.75. The van der Waals surface area contributed by atoms with Gasteiger partial charge in [0.25, 0.3) is 5.91 Å². The lowest BCUT2D eigenvalue weighted by Gasteiger charge is -2.38. The quantitative estimate of drug-likeness (QED) is 0.634. The van der Waals surface area contributed by atoms with E-state index in [0.29, 0.717) is 19.0 Å². The van der Waals surface area contributed by atoms with Crippen LogP contribution in [-0.2, 0) is 14.1 Å². The van der Waals surface area contributed by atoms with Gasteiger partial charge >= 0.3 is 7.12 Å². The molecule has 3 rings (SSSR count). The summed E-state index contributed by atoms with van der Waals surface area (Å²) in [7, 11) is 1.38. The molecule has 2 N–H and O–H groups in total. The predicted octanol–water partition coefficient (Wildman–Crippen LogP) is -0.444. The lowest BCUT2D eigenvalue weighted by molar-refractivity contribution is -0.143. The zero-order valence-corrected chi connectivity index (χ0v) is 17.8. The number of piperidine rings is 1. The van der Waals surface area contributed by atoms with Crippen LogP contribution in [-0.4, -0.2) is 88.2 Å². The summed E-state index contributed by atoms with van der Waals surface area (Å²) in [6, 6.07) is 0.0290. The van der Waals surface area contributed by atoms with Gasteiger partial charge in [0, 0.05) is 44.0 Å². The van der Waals surface area contributed by atoms with Gasteiger partial charge in [-0.05, 0) is 40.5 Å². The fraction of sp³-hybridized carbons (Fsp3) is 0.737. The lowest BCUT2D eigenvalue weighted by atomic mass is 9.81. The van der Waals surface area contributed by atoms with Crippen LogP contribution in [0.25, 0.3) is 0 Å². The van der Waals surface area contributed by atoms with Crippen molar-refractivity contribution in [2.75, 3.05) is 31.6 Å². The summed E-state index contributed by atoms with van der Waals surface area (Å²) in [4.78, 5) is 24.7. The van der Waals surface area contributed by atoms with Crippen LogP contribution < -0.4 is 10.4 Å². The van der Waals surface area contributed by atoms with Gasteiger partial charge in [-0.1, -0.05) is 0 Å². The molecule has 0 aliphatic carbocycles. The van der Waals surface area contributed by atoms with E-state index in [4.69, 9.17) is 14.4 Å². The molecule has 0 aromatic carbocycles. The van der Waals surface area contributed by atoms with Gasteiger partial charge in [0.2, 0.25) is 5.95 Å². The lowest BCUT2D eigenvalue weighted by Crippen LogP contribution is -2.52. The van der Waals surface area contributed by atoms with Crippen molar-refractivity contribution >= 4 is 24.4 Å². The zero-order valence-electron chi connectivity index (χ0n) is 17.8. The first-order chi connectivity index (χ1) is 13.6. The van der Waals surface area contributed by atoms with Crippen molar-refractivity contribution in [1.82, 2.24) is 14.9 Å². The van der Waals surface area contributed by atoms with Crippen molar-refractivity contribution in [1.29, 1.82) is 0 Å². The number of aliphatic hydroxyl groups is 2. The molecule has 1 amide bonds. The zero-order chi connectivity index (χ0) is 21.4. The SMILES string of the molecule is CN(c1ncc(B2OC(C)(C)C(C)(C)O2)cn1)[C@@H]1CCCN(C(=O)C(O)CO)C1. The standard InChI is InChI=1S/C19H31BN4O5/c1-18(2)19(3,4)29-20(28-18)13-9-21-17(22-10-13)23(5)14-7-6-8-24(11-14)16(27)15(26)12-25/h9-10,14-15,25-26H,6-8,11-12H2,1-5H3/t14-,15?/m1/s1.